The molecule has 1 rings (SSSR count). The fourth-order valence-corrected chi connectivity index (χ4v) is 5.46. The Morgan fingerprint density at radius 3 is 2.25 bits per heavy atom. The summed E-state index contributed by atoms with van der Waals surface area (Å²) in [4.78, 5) is -0.0135. The molecule has 0 aromatic heterocycles. The largest absolute Gasteiger partial charge is 0.398 e. The molecule has 8 heteroatoms. The van der Waals surface area contributed by atoms with E-state index in [2.05, 4.69) is 36.6 Å². The normalized spacial score (nSPS) is 12.7. The number of rotatable bonds is 6. The standard InChI is InChI=1S/C12H18Br2N2O3S/c1-3-12(4-2,7-17)16-20(18,19)11-9(14)5-8(13)6-10(11)15/h5-6,16-17H,3-4,7,15H2,1-2H3. The van der Waals surface area contributed by atoms with E-state index >= 15 is 0 Å². The zero-order chi connectivity index (χ0) is 15.6. The third-order valence-electron chi connectivity index (χ3n) is 3.31. The first-order valence-corrected chi connectivity index (χ1v) is 9.17. The van der Waals surface area contributed by atoms with Crippen LogP contribution < -0.4 is 10.5 Å². The highest BCUT2D eigenvalue weighted by Gasteiger charge is 2.33. The van der Waals surface area contributed by atoms with Gasteiger partial charge in [-0.15, -0.1) is 0 Å². The Balaban J connectivity index is 3.32. The number of aliphatic hydroxyl groups is 1. The van der Waals surface area contributed by atoms with E-state index in [-0.39, 0.29) is 17.2 Å². The van der Waals surface area contributed by atoms with E-state index in [4.69, 9.17) is 5.73 Å². The van der Waals surface area contributed by atoms with Gasteiger partial charge in [-0.25, -0.2) is 13.1 Å². The maximum Gasteiger partial charge on any atom is 0.244 e. The predicted octanol–water partition coefficient (Wildman–Crippen LogP) is 2.62. The summed E-state index contributed by atoms with van der Waals surface area (Å²) in [5.74, 6) is 0. The quantitative estimate of drug-likeness (QED) is 0.606. The lowest BCUT2D eigenvalue weighted by Gasteiger charge is -2.30. The second-order valence-corrected chi connectivity index (χ2v) is 7.95. The summed E-state index contributed by atoms with van der Waals surface area (Å²) in [6.07, 6.45) is 0.959. The van der Waals surface area contributed by atoms with Crippen LogP contribution in [0.25, 0.3) is 0 Å². The number of benzene rings is 1. The maximum atomic E-state index is 12.5. The molecular weight excluding hydrogens is 412 g/mol. The minimum atomic E-state index is -3.84. The molecule has 0 spiro atoms. The number of nitrogen functional groups attached to an aromatic ring is 1. The SMILES string of the molecule is CCC(CC)(CO)NS(=O)(=O)c1c(N)cc(Br)cc1Br. The van der Waals surface area contributed by atoms with E-state index in [1.54, 1.807) is 6.07 Å². The molecule has 0 aliphatic heterocycles. The molecule has 1 aromatic carbocycles. The molecule has 0 radical (unpaired) electrons. The van der Waals surface area contributed by atoms with E-state index < -0.39 is 15.6 Å². The summed E-state index contributed by atoms with van der Waals surface area (Å²) in [7, 11) is -3.84. The van der Waals surface area contributed by atoms with Gasteiger partial charge in [0.25, 0.3) is 0 Å². The van der Waals surface area contributed by atoms with Gasteiger partial charge in [-0.1, -0.05) is 29.8 Å². The molecule has 0 unspecified atom stereocenters. The van der Waals surface area contributed by atoms with Crippen molar-refractivity contribution < 1.29 is 13.5 Å². The third-order valence-corrected chi connectivity index (χ3v) is 6.35. The molecule has 20 heavy (non-hydrogen) atoms. The Bertz CT molecular complexity index is 555. The Morgan fingerprint density at radius 2 is 1.85 bits per heavy atom. The zero-order valence-electron chi connectivity index (χ0n) is 11.3. The molecule has 1 aromatic rings. The number of nitrogens with one attached hydrogen (secondary N) is 1. The molecule has 0 saturated heterocycles. The lowest BCUT2D eigenvalue weighted by Crippen LogP contribution is -2.50. The van der Waals surface area contributed by atoms with Gasteiger partial charge in [0.1, 0.15) is 4.90 Å². The second-order valence-electron chi connectivity index (χ2n) is 4.56. The van der Waals surface area contributed by atoms with Crippen LogP contribution in [0.1, 0.15) is 26.7 Å². The van der Waals surface area contributed by atoms with Crippen molar-refractivity contribution in [1.82, 2.24) is 4.72 Å². The van der Waals surface area contributed by atoms with E-state index in [1.807, 2.05) is 13.8 Å². The van der Waals surface area contributed by atoms with Gasteiger partial charge >= 0.3 is 0 Å². The van der Waals surface area contributed by atoms with Crippen molar-refractivity contribution in [2.45, 2.75) is 37.1 Å². The van der Waals surface area contributed by atoms with Crippen LogP contribution in [0, 0.1) is 0 Å². The number of hydrogen-bond acceptors (Lipinski definition) is 4. The summed E-state index contributed by atoms with van der Waals surface area (Å²) < 4.78 is 28.7. The van der Waals surface area contributed by atoms with Crippen molar-refractivity contribution in [2.75, 3.05) is 12.3 Å². The predicted molar refractivity (Wildman–Crippen MR) is 87.0 cm³/mol. The number of aliphatic hydroxyl groups excluding tert-OH is 1. The van der Waals surface area contributed by atoms with Crippen molar-refractivity contribution in [3.8, 4) is 0 Å². The monoisotopic (exact) mass is 428 g/mol. The minimum absolute atomic E-state index is 0.0135. The highest BCUT2D eigenvalue weighted by molar-refractivity contribution is 9.11. The first-order chi connectivity index (χ1) is 9.21. The number of anilines is 1. The molecule has 0 saturated carbocycles. The van der Waals surface area contributed by atoms with Gasteiger partial charge in [0.2, 0.25) is 10.0 Å². The average molecular weight is 430 g/mol. The lowest BCUT2D eigenvalue weighted by molar-refractivity contribution is 0.172. The first kappa shape index (κ1) is 17.9. The van der Waals surface area contributed by atoms with Crippen molar-refractivity contribution >= 4 is 47.6 Å². The molecule has 0 fully saturated rings. The number of halogens is 2. The van der Waals surface area contributed by atoms with E-state index in [9.17, 15) is 13.5 Å². The van der Waals surface area contributed by atoms with Crippen LogP contribution in [0.5, 0.6) is 0 Å². The van der Waals surface area contributed by atoms with Crippen LogP contribution in [0.15, 0.2) is 26.0 Å². The fraction of sp³-hybridized carbons (Fsp3) is 0.500. The lowest BCUT2D eigenvalue weighted by atomic mass is 9.96. The highest BCUT2D eigenvalue weighted by atomic mass is 79.9. The number of sulfonamides is 1. The summed E-state index contributed by atoms with van der Waals surface area (Å²) >= 11 is 6.47. The van der Waals surface area contributed by atoms with Crippen LogP contribution in [0.2, 0.25) is 0 Å². The van der Waals surface area contributed by atoms with E-state index in [1.165, 1.54) is 6.07 Å². The molecule has 0 atom stereocenters. The molecule has 0 aliphatic rings. The van der Waals surface area contributed by atoms with Crippen molar-refractivity contribution in [3.63, 3.8) is 0 Å². The topological polar surface area (TPSA) is 92.4 Å². The molecule has 0 bridgehead atoms. The summed E-state index contributed by atoms with van der Waals surface area (Å²) in [5.41, 5.74) is 5.07. The van der Waals surface area contributed by atoms with Crippen LogP contribution >= 0.6 is 31.9 Å². The smallest absolute Gasteiger partial charge is 0.244 e. The molecular formula is C12H18Br2N2O3S. The van der Waals surface area contributed by atoms with E-state index in [0.29, 0.717) is 21.8 Å². The van der Waals surface area contributed by atoms with Gasteiger partial charge in [-0.2, -0.15) is 0 Å². The van der Waals surface area contributed by atoms with Crippen LogP contribution in [-0.2, 0) is 10.0 Å². The third kappa shape index (κ3) is 3.73. The molecule has 0 amide bonds. The average Bonchev–Trinajstić information content (AvgIpc) is 2.34. The van der Waals surface area contributed by atoms with E-state index in [0.717, 1.165) is 0 Å². The molecule has 0 aliphatic carbocycles. The highest BCUT2D eigenvalue weighted by Crippen LogP contribution is 2.32. The van der Waals surface area contributed by atoms with Gasteiger partial charge in [-0.05, 0) is 40.9 Å². The Kier molecular flexibility index (Phi) is 6.03. The molecule has 114 valence electrons. The first-order valence-electron chi connectivity index (χ1n) is 6.10. The Hall–Kier alpha value is -0.150. The van der Waals surface area contributed by atoms with Gasteiger partial charge in [0.15, 0.2) is 0 Å². The summed E-state index contributed by atoms with van der Waals surface area (Å²) in [6.45, 7) is 3.37. The Labute approximate surface area is 136 Å². The molecule has 0 heterocycles. The zero-order valence-corrected chi connectivity index (χ0v) is 15.3. The van der Waals surface area contributed by atoms with Crippen molar-refractivity contribution in [1.29, 1.82) is 0 Å². The number of nitrogens with two attached hydrogens (primary N) is 1. The summed E-state index contributed by atoms with van der Waals surface area (Å²) in [5, 5.41) is 9.49. The van der Waals surface area contributed by atoms with Gasteiger partial charge in [0.05, 0.1) is 17.8 Å². The van der Waals surface area contributed by atoms with Gasteiger partial charge < -0.3 is 10.8 Å². The van der Waals surface area contributed by atoms with Crippen LogP contribution in [0.4, 0.5) is 5.69 Å². The second kappa shape index (κ2) is 6.74. The van der Waals surface area contributed by atoms with Crippen molar-refractivity contribution in [2.24, 2.45) is 0 Å². The maximum absolute atomic E-state index is 12.5. The Morgan fingerprint density at radius 1 is 1.30 bits per heavy atom. The minimum Gasteiger partial charge on any atom is -0.398 e. The van der Waals surface area contributed by atoms with Crippen molar-refractivity contribution in [3.05, 3.63) is 21.1 Å². The number of hydrogen-bond donors (Lipinski definition) is 3. The fourth-order valence-electron chi connectivity index (χ4n) is 1.85. The van der Waals surface area contributed by atoms with Crippen LogP contribution in [-0.4, -0.2) is 25.7 Å². The molecule has 4 N–H and O–H groups in total. The van der Waals surface area contributed by atoms with Gasteiger partial charge in [0, 0.05) is 8.95 Å². The summed E-state index contributed by atoms with van der Waals surface area (Å²) in [6, 6.07) is 3.14. The molecule has 5 nitrogen and oxygen atoms in total. The van der Waals surface area contributed by atoms with Crippen LogP contribution in [0.3, 0.4) is 0 Å². The van der Waals surface area contributed by atoms with Gasteiger partial charge in [-0.3, -0.25) is 0 Å².